The lowest BCUT2D eigenvalue weighted by Gasteiger charge is -2.21. The average Bonchev–Trinajstić information content (AvgIpc) is 2.91. The molecule has 1 aliphatic rings. The molecule has 1 heterocycles. The predicted molar refractivity (Wildman–Crippen MR) is 93.1 cm³/mol. The van der Waals surface area contributed by atoms with Crippen molar-refractivity contribution in [2.75, 3.05) is 13.7 Å². The molecule has 0 saturated carbocycles. The van der Waals surface area contributed by atoms with Gasteiger partial charge in [0.15, 0.2) is 0 Å². The molecule has 0 saturated heterocycles. The van der Waals surface area contributed by atoms with E-state index in [4.69, 9.17) is 4.74 Å². The molecule has 1 aliphatic heterocycles. The van der Waals surface area contributed by atoms with Crippen LogP contribution in [-0.4, -0.2) is 13.7 Å². The summed E-state index contributed by atoms with van der Waals surface area (Å²) in [7, 11) is 1.99. The highest BCUT2D eigenvalue weighted by Crippen LogP contribution is 2.39. The quantitative estimate of drug-likeness (QED) is 0.787. The van der Waals surface area contributed by atoms with E-state index in [9.17, 15) is 0 Å². The minimum absolute atomic E-state index is 0.117. The number of hydrogen-bond acceptors (Lipinski definition) is 2. The molecule has 2 aromatic carbocycles. The maximum Gasteiger partial charge on any atom is 0.127 e. The van der Waals surface area contributed by atoms with E-state index in [1.54, 1.807) is 0 Å². The lowest BCUT2D eigenvalue weighted by molar-refractivity contribution is 0.351. The van der Waals surface area contributed by atoms with Crippen LogP contribution in [0.4, 0.5) is 0 Å². The Hall–Kier alpha value is -0.840. The molecule has 0 aromatic heterocycles. The van der Waals surface area contributed by atoms with Gasteiger partial charge >= 0.3 is 0 Å². The fourth-order valence-electron chi connectivity index (χ4n) is 2.80. The first-order chi connectivity index (χ1) is 10.1. The van der Waals surface area contributed by atoms with Crippen LogP contribution in [0.2, 0.25) is 0 Å². The van der Waals surface area contributed by atoms with Crippen LogP contribution in [0.5, 0.6) is 5.75 Å². The summed E-state index contributed by atoms with van der Waals surface area (Å²) in [6.45, 7) is 2.87. The molecule has 0 radical (unpaired) electrons. The van der Waals surface area contributed by atoms with Gasteiger partial charge in [0.1, 0.15) is 5.75 Å². The average molecular weight is 411 g/mol. The first kappa shape index (κ1) is 15.1. The Morgan fingerprint density at radius 3 is 2.71 bits per heavy atom. The lowest BCUT2D eigenvalue weighted by atomic mass is 9.95. The number of aryl methyl sites for hydroxylation is 1. The summed E-state index contributed by atoms with van der Waals surface area (Å²) in [6, 6.07) is 10.9. The zero-order valence-electron chi connectivity index (χ0n) is 12.0. The van der Waals surface area contributed by atoms with E-state index >= 15 is 0 Å². The normalized spacial score (nSPS) is 14.7. The predicted octanol–water partition coefficient (Wildman–Crippen LogP) is 4.76. The molecule has 21 heavy (non-hydrogen) atoms. The van der Waals surface area contributed by atoms with Crippen molar-refractivity contribution in [3.8, 4) is 5.75 Å². The molecule has 0 fully saturated rings. The topological polar surface area (TPSA) is 21.3 Å². The van der Waals surface area contributed by atoms with Gasteiger partial charge in [0.2, 0.25) is 0 Å². The molecule has 0 spiro atoms. The highest BCUT2D eigenvalue weighted by Gasteiger charge is 2.23. The highest BCUT2D eigenvalue weighted by atomic mass is 79.9. The second kappa shape index (κ2) is 6.11. The fraction of sp³-hybridized carbons (Fsp3) is 0.294. The number of benzene rings is 2. The molecule has 0 bridgehead atoms. The van der Waals surface area contributed by atoms with Gasteiger partial charge in [0, 0.05) is 20.9 Å². The van der Waals surface area contributed by atoms with Crippen molar-refractivity contribution in [3.05, 3.63) is 61.5 Å². The molecular formula is C17H17Br2NO. The number of fused-ring (bicyclic) bond motifs is 1. The smallest absolute Gasteiger partial charge is 0.127 e. The van der Waals surface area contributed by atoms with Gasteiger partial charge < -0.3 is 10.1 Å². The summed E-state index contributed by atoms with van der Waals surface area (Å²) < 4.78 is 8.11. The van der Waals surface area contributed by atoms with Crippen LogP contribution < -0.4 is 10.1 Å². The van der Waals surface area contributed by atoms with Gasteiger partial charge in [-0.1, -0.05) is 44.0 Å². The van der Waals surface area contributed by atoms with E-state index < -0.39 is 0 Å². The number of halogens is 2. The van der Waals surface area contributed by atoms with Crippen LogP contribution >= 0.6 is 31.9 Å². The van der Waals surface area contributed by atoms with Gasteiger partial charge in [-0.2, -0.15) is 0 Å². The van der Waals surface area contributed by atoms with Crippen LogP contribution in [0.25, 0.3) is 0 Å². The van der Waals surface area contributed by atoms with Crippen molar-refractivity contribution in [1.29, 1.82) is 0 Å². The lowest BCUT2D eigenvalue weighted by Crippen LogP contribution is -2.18. The first-order valence-electron chi connectivity index (χ1n) is 6.98. The monoisotopic (exact) mass is 409 g/mol. The number of hydrogen-bond donors (Lipinski definition) is 1. The molecule has 2 aromatic rings. The maximum atomic E-state index is 5.87. The molecule has 0 aliphatic carbocycles. The highest BCUT2D eigenvalue weighted by molar-refractivity contribution is 9.10. The van der Waals surface area contributed by atoms with Crippen LogP contribution in [-0.2, 0) is 6.42 Å². The molecule has 4 heteroatoms. The molecule has 1 N–H and O–H groups in total. The van der Waals surface area contributed by atoms with Gasteiger partial charge in [0.25, 0.3) is 0 Å². The summed E-state index contributed by atoms with van der Waals surface area (Å²) in [5.41, 5.74) is 4.94. The van der Waals surface area contributed by atoms with Crippen molar-refractivity contribution < 1.29 is 4.74 Å². The van der Waals surface area contributed by atoms with Crippen molar-refractivity contribution in [3.63, 3.8) is 0 Å². The minimum Gasteiger partial charge on any atom is -0.493 e. The van der Waals surface area contributed by atoms with Crippen molar-refractivity contribution in [2.45, 2.75) is 19.4 Å². The zero-order valence-corrected chi connectivity index (χ0v) is 15.2. The number of nitrogens with one attached hydrogen (secondary N) is 1. The Morgan fingerprint density at radius 1 is 1.19 bits per heavy atom. The summed E-state index contributed by atoms with van der Waals surface area (Å²) >= 11 is 7.24. The van der Waals surface area contributed by atoms with E-state index in [0.717, 1.165) is 27.7 Å². The molecule has 1 atom stereocenters. The van der Waals surface area contributed by atoms with Crippen LogP contribution in [0, 0.1) is 6.92 Å². The van der Waals surface area contributed by atoms with E-state index in [0.29, 0.717) is 0 Å². The SMILES string of the molecule is CNC(c1ccc(C)c(Br)c1)c1cc(Br)cc2c1OCC2. The second-order valence-corrected chi connectivity index (χ2v) is 7.08. The van der Waals surface area contributed by atoms with Crippen molar-refractivity contribution >= 4 is 31.9 Å². The largest absolute Gasteiger partial charge is 0.493 e. The standard InChI is InChI=1S/C17H17Br2NO/c1-10-3-4-11(8-15(10)19)16(20-2)14-9-13(18)7-12-5-6-21-17(12)14/h3-4,7-9,16,20H,5-6H2,1-2H3. The van der Waals surface area contributed by atoms with E-state index in [2.05, 4.69) is 74.4 Å². The van der Waals surface area contributed by atoms with Crippen LogP contribution in [0.1, 0.15) is 28.3 Å². The summed E-state index contributed by atoms with van der Waals surface area (Å²) in [5, 5.41) is 3.42. The van der Waals surface area contributed by atoms with E-state index in [1.807, 2.05) is 7.05 Å². The molecule has 2 nitrogen and oxygen atoms in total. The summed E-state index contributed by atoms with van der Waals surface area (Å²) in [5.74, 6) is 1.04. The second-order valence-electron chi connectivity index (χ2n) is 5.31. The Balaban J connectivity index is 2.10. The van der Waals surface area contributed by atoms with Crippen LogP contribution in [0.15, 0.2) is 39.3 Å². The zero-order chi connectivity index (χ0) is 15.0. The molecule has 0 amide bonds. The molecule has 3 rings (SSSR count). The Kier molecular flexibility index (Phi) is 4.38. The number of rotatable bonds is 3. The maximum absolute atomic E-state index is 5.87. The molecular weight excluding hydrogens is 394 g/mol. The molecule has 110 valence electrons. The molecule has 1 unspecified atom stereocenters. The van der Waals surface area contributed by atoms with Gasteiger partial charge in [0.05, 0.1) is 12.6 Å². The van der Waals surface area contributed by atoms with Crippen molar-refractivity contribution in [1.82, 2.24) is 5.32 Å². The Morgan fingerprint density at radius 2 is 2.00 bits per heavy atom. The van der Waals surface area contributed by atoms with Gasteiger partial charge in [-0.3, -0.25) is 0 Å². The van der Waals surface area contributed by atoms with Gasteiger partial charge in [-0.15, -0.1) is 0 Å². The van der Waals surface area contributed by atoms with Crippen molar-refractivity contribution in [2.24, 2.45) is 0 Å². The van der Waals surface area contributed by atoms with E-state index in [-0.39, 0.29) is 6.04 Å². The summed E-state index contributed by atoms with van der Waals surface area (Å²) in [6.07, 6.45) is 0.982. The third-order valence-corrected chi connectivity index (χ3v) is 5.22. The first-order valence-corrected chi connectivity index (χ1v) is 8.57. The third-order valence-electron chi connectivity index (χ3n) is 3.91. The van der Waals surface area contributed by atoms with Gasteiger partial charge in [-0.25, -0.2) is 0 Å². The van der Waals surface area contributed by atoms with E-state index in [1.165, 1.54) is 22.3 Å². The van der Waals surface area contributed by atoms with Crippen LogP contribution in [0.3, 0.4) is 0 Å². The Labute approximate surface area is 142 Å². The summed E-state index contributed by atoms with van der Waals surface area (Å²) in [4.78, 5) is 0. The minimum atomic E-state index is 0.117. The number of ether oxygens (including phenoxy) is 1. The van der Waals surface area contributed by atoms with Gasteiger partial charge in [-0.05, 0) is 48.9 Å². The Bertz CT molecular complexity index is 685. The fourth-order valence-corrected chi connectivity index (χ4v) is 3.72. The third kappa shape index (κ3) is 2.89.